The maximum absolute atomic E-state index is 15.3. The van der Waals surface area contributed by atoms with Crippen LogP contribution in [0.5, 0.6) is 0 Å². The predicted molar refractivity (Wildman–Crippen MR) is 140 cm³/mol. The third kappa shape index (κ3) is 4.06. The highest BCUT2D eigenvalue weighted by Crippen LogP contribution is 2.32. The van der Waals surface area contributed by atoms with Gasteiger partial charge in [-0.15, -0.1) is 0 Å². The molecule has 0 saturated carbocycles. The Labute approximate surface area is 216 Å². The summed E-state index contributed by atoms with van der Waals surface area (Å²) in [5, 5.41) is 9.27. The van der Waals surface area contributed by atoms with Gasteiger partial charge in [0.2, 0.25) is 11.5 Å². The van der Waals surface area contributed by atoms with Crippen molar-refractivity contribution in [1.82, 2.24) is 30.0 Å². The lowest BCUT2D eigenvalue weighted by atomic mass is 10.2. The van der Waals surface area contributed by atoms with Gasteiger partial charge in [-0.05, 0) is 31.5 Å². The average molecular weight is 521 g/mol. The molecule has 1 fully saturated rings. The zero-order chi connectivity index (χ0) is 26.4. The van der Waals surface area contributed by atoms with Gasteiger partial charge in [-0.1, -0.05) is 6.92 Å². The van der Waals surface area contributed by atoms with Crippen molar-refractivity contribution in [2.24, 2.45) is 0 Å². The lowest BCUT2D eigenvalue weighted by Gasteiger charge is -2.29. The second-order valence-electron chi connectivity index (χ2n) is 9.23. The molecule has 3 N–H and O–H groups in total. The summed E-state index contributed by atoms with van der Waals surface area (Å²) < 4.78 is 37.6. The molecule has 1 aromatic carbocycles. The molecule has 10 nitrogen and oxygen atoms in total. The lowest BCUT2D eigenvalue weighted by Crippen LogP contribution is -2.43. The monoisotopic (exact) mass is 520 g/mol. The molecule has 0 unspecified atom stereocenters. The Kier molecular flexibility index (Phi) is 6.03. The van der Waals surface area contributed by atoms with Crippen LogP contribution >= 0.6 is 0 Å². The standard InChI is InChI=1S/C26H26F2N8O2/c1-3-6-30-24(37)20-23(32-19-5-4-15(13-31-19)35-9-7-29-8-10-35)33-26-34-25(20)38-18-12-17(27)22-16(21(18)28)11-14(2)36(22)26/h4-5,11-13,29H,3,6-10H2,1-2H3,(H,30,37)(H,31,32,33,34). The van der Waals surface area contributed by atoms with Crippen molar-refractivity contribution in [1.29, 1.82) is 0 Å². The number of pyridine rings is 1. The fourth-order valence-corrected chi connectivity index (χ4v) is 4.77. The maximum Gasteiger partial charge on any atom is 0.260 e. The van der Waals surface area contributed by atoms with Gasteiger partial charge in [-0.3, -0.25) is 9.20 Å². The van der Waals surface area contributed by atoms with Gasteiger partial charge in [0.15, 0.2) is 23.0 Å². The fourth-order valence-electron chi connectivity index (χ4n) is 4.77. The Balaban J connectivity index is 1.54. The van der Waals surface area contributed by atoms with Crippen LogP contribution in [0.3, 0.4) is 0 Å². The molecule has 7 rings (SSSR count). The number of nitrogens with zero attached hydrogens (tertiary/aromatic N) is 5. The zero-order valence-corrected chi connectivity index (χ0v) is 20.9. The molecule has 0 spiro atoms. The Bertz CT molecular complexity index is 1670. The van der Waals surface area contributed by atoms with Crippen LogP contribution in [-0.2, 0) is 0 Å². The van der Waals surface area contributed by atoms with Crippen LogP contribution in [0.1, 0.15) is 29.4 Å². The highest BCUT2D eigenvalue weighted by molar-refractivity contribution is 6.05. The summed E-state index contributed by atoms with van der Waals surface area (Å²) in [6.45, 7) is 7.58. The molecule has 6 bridgehead atoms. The van der Waals surface area contributed by atoms with Gasteiger partial charge < -0.3 is 25.3 Å². The molecule has 6 aromatic rings. The van der Waals surface area contributed by atoms with E-state index in [4.69, 9.17) is 4.42 Å². The molecule has 5 aromatic heterocycles. The third-order valence-electron chi connectivity index (χ3n) is 6.63. The van der Waals surface area contributed by atoms with E-state index in [-0.39, 0.29) is 39.4 Å². The van der Waals surface area contributed by atoms with Crippen molar-refractivity contribution in [3.05, 3.63) is 53.4 Å². The molecule has 6 heterocycles. The molecule has 1 aliphatic heterocycles. The average Bonchev–Trinajstić information content (AvgIpc) is 3.30. The third-order valence-corrected chi connectivity index (χ3v) is 6.63. The summed E-state index contributed by atoms with van der Waals surface area (Å²) in [7, 11) is 0. The first-order valence-corrected chi connectivity index (χ1v) is 12.5. The van der Waals surface area contributed by atoms with E-state index in [2.05, 4.69) is 35.8 Å². The summed E-state index contributed by atoms with van der Waals surface area (Å²) in [5.41, 5.74) is 0.897. The summed E-state index contributed by atoms with van der Waals surface area (Å²) in [4.78, 5) is 29.0. The fraction of sp³-hybridized carbons (Fsp3) is 0.308. The van der Waals surface area contributed by atoms with E-state index in [0.717, 1.165) is 37.9 Å². The topological polar surface area (TPSA) is 113 Å². The highest BCUT2D eigenvalue weighted by Gasteiger charge is 2.24. The van der Waals surface area contributed by atoms with Crippen molar-refractivity contribution < 1.29 is 18.0 Å². The number of aromatic nitrogens is 4. The van der Waals surface area contributed by atoms with Crippen LogP contribution in [0, 0.1) is 18.6 Å². The maximum atomic E-state index is 15.3. The minimum Gasteiger partial charge on any atom is -0.435 e. The molecule has 1 amide bonds. The number of anilines is 3. The van der Waals surface area contributed by atoms with E-state index < -0.39 is 17.5 Å². The smallest absolute Gasteiger partial charge is 0.260 e. The van der Waals surface area contributed by atoms with Crippen molar-refractivity contribution in [3.8, 4) is 0 Å². The second-order valence-corrected chi connectivity index (χ2v) is 9.23. The molecule has 38 heavy (non-hydrogen) atoms. The summed E-state index contributed by atoms with van der Waals surface area (Å²) in [6.07, 6.45) is 2.45. The Morgan fingerprint density at radius 3 is 2.74 bits per heavy atom. The summed E-state index contributed by atoms with van der Waals surface area (Å²) >= 11 is 0. The number of piperazine rings is 1. The Morgan fingerprint density at radius 2 is 2.00 bits per heavy atom. The number of benzene rings is 1. The van der Waals surface area contributed by atoms with Gasteiger partial charge in [0.25, 0.3) is 5.91 Å². The second kappa shape index (κ2) is 9.53. The minimum absolute atomic E-state index is 0.00664. The number of halogens is 2. The van der Waals surface area contributed by atoms with Crippen molar-refractivity contribution in [2.75, 3.05) is 42.9 Å². The van der Waals surface area contributed by atoms with Gasteiger partial charge in [-0.2, -0.15) is 9.97 Å². The van der Waals surface area contributed by atoms with Crippen LogP contribution in [-0.4, -0.2) is 58.0 Å². The van der Waals surface area contributed by atoms with E-state index in [1.165, 1.54) is 10.5 Å². The molecule has 0 radical (unpaired) electrons. The number of rotatable bonds is 6. The van der Waals surface area contributed by atoms with Gasteiger partial charge in [0, 0.05) is 49.9 Å². The number of hydrogen-bond acceptors (Lipinski definition) is 8. The summed E-state index contributed by atoms with van der Waals surface area (Å²) in [6, 6.07) is 6.21. The first kappa shape index (κ1) is 24.0. The number of hydrogen-bond donors (Lipinski definition) is 3. The van der Waals surface area contributed by atoms with Crippen LogP contribution in [0.2, 0.25) is 0 Å². The van der Waals surface area contributed by atoms with E-state index >= 15 is 8.78 Å². The zero-order valence-electron chi connectivity index (χ0n) is 20.9. The number of fused-ring (bicyclic) bond motifs is 1. The highest BCUT2D eigenvalue weighted by atomic mass is 19.1. The normalized spacial score (nSPS) is 14.1. The van der Waals surface area contributed by atoms with Crippen molar-refractivity contribution >= 4 is 51.2 Å². The van der Waals surface area contributed by atoms with Crippen molar-refractivity contribution in [2.45, 2.75) is 20.3 Å². The van der Waals surface area contributed by atoms with Crippen molar-refractivity contribution in [3.63, 3.8) is 0 Å². The molecule has 1 aliphatic rings. The number of nitrogens with one attached hydrogen (secondary N) is 3. The number of amides is 1. The van der Waals surface area contributed by atoms with E-state index in [0.29, 0.717) is 24.5 Å². The van der Waals surface area contributed by atoms with Crippen LogP contribution in [0.15, 0.2) is 34.9 Å². The molecule has 196 valence electrons. The quantitative estimate of drug-likeness (QED) is 0.309. The molecular formula is C26H26F2N8O2. The van der Waals surface area contributed by atoms with Gasteiger partial charge in [0.1, 0.15) is 11.4 Å². The molecule has 0 aliphatic carbocycles. The summed E-state index contributed by atoms with van der Waals surface area (Å²) in [5.74, 6) is -1.37. The number of carbonyl (C=O) groups excluding carboxylic acids is 1. The van der Waals surface area contributed by atoms with Gasteiger partial charge in [-0.25, -0.2) is 13.8 Å². The molecule has 0 atom stereocenters. The molecule has 1 saturated heterocycles. The largest absolute Gasteiger partial charge is 0.435 e. The minimum atomic E-state index is -0.743. The van der Waals surface area contributed by atoms with E-state index in [9.17, 15) is 4.79 Å². The molecule has 12 heteroatoms. The van der Waals surface area contributed by atoms with E-state index in [1.54, 1.807) is 19.2 Å². The predicted octanol–water partition coefficient (Wildman–Crippen LogP) is 3.90. The Hall–Kier alpha value is -4.32. The van der Waals surface area contributed by atoms with Gasteiger partial charge in [0.05, 0.1) is 17.4 Å². The van der Waals surface area contributed by atoms with Crippen LogP contribution in [0.25, 0.3) is 28.0 Å². The Morgan fingerprint density at radius 1 is 1.18 bits per heavy atom. The lowest BCUT2D eigenvalue weighted by molar-refractivity contribution is 0.0954. The van der Waals surface area contributed by atoms with Gasteiger partial charge >= 0.3 is 0 Å². The first-order valence-electron chi connectivity index (χ1n) is 12.5. The van der Waals surface area contributed by atoms with Crippen LogP contribution < -0.4 is 20.9 Å². The van der Waals surface area contributed by atoms with E-state index in [1.807, 2.05) is 13.0 Å². The number of carbonyl (C=O) groups is 1. The first-order chi connectivity index (χ1) is 18.4. The SMILES string of the molecule is CCCNC(=O)c1c(Nc2ccc(N3CCNCC3)cn2)nc2nc1oc1cc(F)c3c(cc(C)n23)c1F. The van der Waals surface area contributed by atoms with Crippen LogP contribution in [0.4, 0.5) is 26.1 Å². The molecular weight excluding hydrogens is 494 g/mol. The number of aryl methyl sites for hydroxylation is 1.